The highest BCUT2D eigenvalue weighted by molar-refractivity contribution is 6.30. The molecular weight excluding hydrogens is 272 g/mol. The van der Waals surface area contributed by atoms with Crippen molar-refractivity contribution in [3.63, 3.8) is 0 Å². The van der Waals surface area contributed by atoms with E-state index in [1.54, 1.807) is 12.1 Å². The number of nitrogens with one attached hydrogen (secondary N) is 1. The molecule has 0 aliphatic carbocycles. The number of amides is 1. The summed E-state index contributed by atoms with van der Waals surface area (Å²) in [7, 11) is 0. The summed E-state index contributed by atoms with van der Waals surface area (Å²) in [5, 5.41) is 4.08. The van der Waals surface area contributed by atoms with Gasteiger partial charge in [0.2, 0.25) is 0 Å². The molecule has 2 unspecified atom stereocenters. The third kappa shape index (κ3) is 3.74. The fourth-order valence-electron chi connectivity index (χ4n) is 2.75. The van der Waals surface area contributed by atoms with Gasteiger partial charge < -0.3 is 10.2 Å². The lowest BCUT2D eigenvalue weighted by molar-refractivity contribution is 0.0563. The number of halogens is 1. The zero-order chi connectivity index (χ0) is 14.7. The predicted octanol–water partition coefficient (Wildman–Crippen LogP) is 3.19. The Hall–Kier alpha value is -1.06. The highest BCUT2D eigenvalue weighted by Crippen LogP contribution is 2.20. The maximum Gasteiger partial charge on any atom is 0.254 e. The molecule has 0 aromatic heterocycles. The number of benzene rings is 1. The van der Waals surface area contributed by atoms with Gasteiger partial charge in [-0.3, -0.25) is 4.79 Å². The molecule has 4 heteroatoms. The molecule has 3 nitrogen and oxygen atoms in total. The van der Waals surface area contributed by atoms with Crippen LogP contribution in [-0.4, -0.2) is 36.0 Å². The van der Waals surface area contributed by atoms with Crippen LogP contribution in [0.5, 0.6) is 0 Å². The second-order valence-electron chi connectivity index (χ2n) is 6.06. The Labute approximate surface area is 126 Å². The van der Waals surface area contributed by atoms with Crippen molar-refractivity contribution in [3.8, 4) is 0 Å². The molecule has 1 N–H and O–H groups in total. The molecule has 1 saturated heterocycles. The Balaban J connectivity index is 2.19. The monoisotopic (exact) mass is 294 g/mol. The summed E-state index contributed by atoms with van der Waals surface area (Å²) in [4.78, 5) is 14.7. The van der Waals surface area contributed by atoms with Crippen molar-refractivity contribution in [1.82, 2.24) is 10.2 Å². The standard InChI is InChI=1S/C16H23ClN2O/c1-11(2)7-15-9-18-12(3)10-19(15)16(20)13-5-4-6-14(17)8-13/h4-6,8,11-12,15,18H,7,9-10H2,1-3H3. The predicted molar refractivity (Wildman–Crippen MR) is 83.2 cm³/mol. The molecule has 0 saturated carbocycles. The van der Waals surface area contributed by atoms with E-state index in [9.17, 15) is 4.79 Å². The molecule has 0 radical (unpaired) electrons. The second-order valence-corrected chi connectivity index (χ2v) is 6.50. The number of rotatable bonds is 3. The van der Waals surface area contributed by atoms with Gasteiger partial charge in [0.15, 0.2) is 0 Å². The fraction of sp³-hybridized carbons (Fsp3) is 0.562. The normalized spacial score (nSPS) is 23.1. The van der Waals surface area contributed by atoms with Gasteiger partial charge in [0.1, 0.15) is 0 Å². The van der Waals surface area contributed by atoms with Crippen molar-refractivity contribution >= 4 is 17.5 Å². The maximum absolute atomic E-state index is 12.7. The molecule has 1 heterocycles. The van der Waals surface area contributed by atoms with E-state index in [0.29, 0.717) is 22.5 Å². The first-order valence-corrected chi connectivity index (χ1v) is 7.65. The van der Waals surface area contributed by atoms with Crippen molar-refractivity contribution in [2.24, 2.45) is 5.92 Å². The first-order chi connectivity index (χ1) is 9.47. The van der Waals surface area contributed by atoms with E-state index in [-0.39, 0.29) is 11.9 Å². The Kier molecular flexibility index (Phi) is 5.06. The molecule has 2 rings (SSSR count). The van der Waals surface area contributed by atoms with Crippen molar-refractivity contribution in [2.75, 3.05) is 13.1 Å². The minimum absolute atomic E-state index is 0.0894. The molecular formula is C16H23ClN2O. The van der Waals surface area contributed by atoms with Gasteiger partial charge in [-0.15, -0.1) is 0 Å². The van der Waals surface area contributed by atoms with Crippen LogP contribution in [-0.2, 0) is 0 Å². The average Bonchev–Trinajstić information content (AvgIpc) is 2.39. The van der Waals surface area contributed by atoms with E-state index in [0.717, 1.165) is 19.5 Å². The first kappa shape index (κ1) is 15.3. The number of carbonyl (C=O) groups excluding carboxylic acids is 1. The van der Waals surface area contributed by atoms with Gasteiger partial charge in [-0.05, 0) is 37.5 Å². The molecule has 1 aromatic carbocycles. The highest BCUT2D eigenvalue weighted by Gasteiger charge is 2.30. The van der Waals surface area contributed by atoms with Crippen molar-refractivity contribution in [3.05, 3.63) is 34.9 Å². The molecule has 1 amide bonds. The lowest BCUT2D eigenvalue weighted by atomic mass is 9.98. The first-order valence-electron chi connectivity index (χ1n) is 7.27. The number of nitrogens with zero attached hydrogens (tertiary/aromatic N) is 1. The molecule has 110 valence electrons. The van der Waals surface area contributed by atoms with E-state index < -0.39 is 0 Å². The van der Waals surface area contributed by atoms with Crippen LogP contribution in [0.15, 0.2) is 24.3 Å². The third-order valence-corrected chi connectivity index (χ3v) is 3.92. The minimum Gasteiger partial charge on any atom is -0.333 e. The van der Waals surface area contributed by atoms with Crippen LogP contribution in [0, 0.1) is 5.92 Å². The van der Waals surface area contributed by atoms with Gasteiger partial charge in [0.05, 0.1) is 0 Å². The Morgan fingerprint density at radius 2 is 2.25 bits per heavy atom. The van der Waals surface area contributed by atoms with Gasteiger partial charge in [0, 0.05) is 35.8 Å². The zero-order valence-corrected chi connectivity index (χ0v) is 13.2. The van der Waals surface area contributed by atoms with E-state index in [4.69, 9.17) is 11.6 Å². The minimum atomic E-state index is 0.0894. The maximum atomic E-state index is 12.7. The number of hydrogen-bond acceptors (Lipinski definition) is 2. The molecule has 2 atom stereocenters. The van der Waals surface area contributed by atoms with E-state index >= 15 is 0 Å². The van der Waals surface area contributed by atoms with Gasteiger partial charge in [-0.2, -0.15) is 0 Å². The van der Waals surface area contributed by atoms with Crippen LogP contribution < -0.4 is 5.32 Å². The third-order valence-electron chi connectivity index (χ3n) is 3.69. The van der Waals surface area contributed by atoms with Gasteiger partial charge >= 0.3 is 0 Å². The Morgan fingerprint density at radius 1 is 1.50 bits per heavy atom. The summed E-state index contributed by atoms with van der Waals surface area (Å²) in [5.74, 6) is 0.663. The van der Waals surface area contributed by atoms with Crippen molar-refractivity contribution in [1.29, 1.82) is 0 Å². The lowest BCUT2D eigenvalue weighted by Crippen LogP contribution is -2.57. The summed E-state index contributed by atoms with van der Waals surface area (Å²) < 4.78 is 0. The highest BCUT2D eigenvalue weighted by atomic mass is 35.5. The SMILES string of the molecule is CC(C)CC1CNC(C)CN1C(=O)c1cccc(Cl)c1. The van der Waals surface area contributed by atoms with Crippen LogP contribution >= 0.6 is 11.6 Å². The van der Waals surface area contributed by atoms with E-state index in [1.165, 1.54) is 0 Å². The van der Waals surface area contributed by atoms with E-state index in [1.807, 2.05) is 17.0 Å². The summed E-state index contributed by atoms with van der Waals surface area (Å²) in [6.07, 6.45) is 1.02. The molecule has 1 aliphatic heterocycles. The molecule has 1 fully saturated rings. The topological polar surface area (TPSA) is 32.3 Å². The zero-order valence-electron chi connectivity index (χ0n) is 12.4. The van der Waals surface area contributed by atoms with Crippen LogP contribution in [0.2, 0.25) is 5.02 Å². The molecule has 20 heavy (non-hydrogen) atoms. The Morgan fingerprint density at radius 3 is 2.90 bits per heavy atom. The molecule has 1 aliphatic rings. The van der Waals surface area contributed by atoms with Crippen LogP contribution in [0.3, 0.4) is 0 Å². The van der Waals surface area contributed by atoms with Crippen LogP contribution in [0.4, 0.5) is 0 Å². The molecule has 0 bridgehead atoms. The molecule has 1 aromatic rings. The summed E-state index contributed by atoms with van der Waals surface area (Å²) >= 11 is 5.99. The number of carbonyl (C=O) groups is 1. The number of piperazine rings is 1. The summed E-state index contributed by atoms with van der Waals surface area (Å²) in [5.41, 5.74) is 0.681. The fourth-order valence-corrected chi connectivity index (χ4v) is 2.94. The molecule has 0 spiro atoms. The van der Waals surface area contributed by atoms with Gasteiger partial charge in [-0.1, -0.05) is 31.5 Å². The largest absolute Gasteiger partial charge is 0.333 e. The summed E-state index contributed by atoms with van der Waals surface area (Å²) in [6, 6.07) is 7.82. The van der Waals surface area contributed by atoms with E-state index in [2.05, 4.69) is 26.1 Å². The average molecular weight is 295 g/mol. The Bertz CT molecular complexity index is 475. The quantitative estimate of drug-likeness (QED) is 0.928. The van der Waals surface area contributed by atoms with Gasteiger partial charge in [0.25, 0.3) is 5.91 Å². The van der Waals surface area contributed by atoms with Crippen LogP contribution in [0.1, 0.15) is 37.6 Å². The summed E-state index contributed by atoms with van der Waals surface area (Å²) in [6.45, 7) is 8.12. The van der Waals surface area contributed by atoms with Gasteiger partial charge in [-0.25, -0.2) is 0 Å². The number of hydrogen-bond donors (Lipinski definition) is 1. The van der Waals surface area contributed by atoms with Crippen LogP contribution in [0.25, 0.3) is 0 Å². The van der Waals surface area contributed by atoms with Crippen molar-refractivity contribution < 1.29 is 4.79 Å². The van der Waals surface area contributed by atoms with Crippen molar-refractivity contribution in [2.45, 2.75) is 39.3 Å². The lowest BCUT2D eigenvalue weighted by Gasteiger charge is -2.40. The smallest absolute Gasteiger partial charge is 0.254 e. The second kappa shape index (κ2) is 6.59.